The third-order valence-electron chi connectivity index (χ3n) is 7.23. The number of nitrogens with one attached hydrogen (secondary N) is 1. The molecule has 0 spiro atoms. The first kappa shape index (κ1) is 25.2. The Kier molecular flexibility index (Phi) is 6.66. The van der Waals surface area contributed by atoms with E-state index in [1.54, 1.807) is 24.5 Å². The minimum absolute atomic E-state index is 0.0162. The Morgan fingerprint density at radius 2 is 1.60 bits per heavy atom. The van der Waals surface area contributed by atoms with Crippen molar-refractivity contribution in [3.8, 4) is 11.1 Å². The molecule has 6 rings (SSSR count). The highest BCUT2D eigenvalue weighted by Crippen LogP contribution is 2.36. The Balaban J connectivity index is 1.53. The van der Waals surface area contributed by atoms with Gasteiger partial charge in [0.2, 0.25) is 0 Å². The van der Waals surface area contributed by atoms with Crippen LogP contribution >= 0.6 is 0 Å². The van der Waals surface area contributed by atoms with E-state index in [4.69, 9.17) is 4.98 Å². The number of rotatable bonds is 6. The summed E-state index contributed by atoms with van der Waals surface area (Å²) >= 11 is 0. The summed E-state index contributed by atoms with van der Waals surface area (Å²) in [5.74, 6) is -0.281. The molecule has 0 aliphatic carbocycles. The predicted molar refractivity (Wildman–Crippen MR) is 159 cm³/mol. The molecule has 0 aliphatic rings. The minimum atomic E-state index is -0.265. The van der Waals surface area contributed by atoms with Crippen molar-refractivity contribution < 1.29 is 4.79 Å². The summed E-state index contributed by atoms with van der Waals surface area (Å²) in [4.78, 5) is 26.5. The molecule has 1 N–H and O–H groups in total. The first-order valence-electron chi connectivity index (χ1n) is 13.2. The van der Waals surface area contributed by atoms with Crippen LogP contribution in [0, 0.1) is 13.8 Å². The first-order chi connectivity index (χ1) is 19.5. The van der Waals surface area contributed by atoms with Gasteiger partial charge in [0, 0.05) is 42.4 Å². The van der Waals surface area contributed by atoms with E-state index in [2.05, 4.69) is 88.3 Å². The van der Waals surface area contributed by atoms with Crippen LogP contribution in [-0.4, -0.2) is 25.4 Å². The molecule has 3 aromatic heterocycles. The van der Waals surface area contributed by atoms with Gasteiger partial charge in [0.1, 0.15) is 5.69 Å². The predicted octanol–water partition coefficient (Wildman–Crippen LogP) is 7.08. The Morgan fingerprint density at radius 1 is 0.825 bits per heavy atom. The van der Waals surface area contributed by atoms with Crippen molar-refractivity contribution in [2.45, 2.75) is 19.8 Å². The molecule has 3 aromatic carbocycles. The monoisotopic (exact) mass is 523 g/mol. The zero-order valence-electron chi connectivity index (χ0n) is 22.7. The highest BCUT2D eigenvalue weighted by Gasteiger charge is 2.22. The molecule has 6 nitrogen and oxygen atoms in total. The van der Waals surface area contributed by atoms with E-state index in [0.29, 0.717) is 11.4 Å². The molecule has 1 atom stereocenters. The molecule has 0 bridgehead atoms. The van der Waals surface area contributed by atoms with Crippen LogP contribution in [0.2, 0.25) is 0 Å². The third kappa shape index (κ3) is 4.99. The van der Waals surface area contributed by atoms with Crippen LogP contribution < -0.4 is 5.32 Å². The van der Waals surface area contributed by atoms with Gasteiger partial charge in [-0.3, -0.25) is 9.78 Å². The van der Waals surface area contributed by atoms with Crippen molar-refractivity contribution in [2.24, 2.45) is 7.05 Å². The fourth-order valence-electron chi connectivity index (χ4n) is 5.16. The number of fused-ring (bicyclic) bond motifs is 1. The second-order valence-corrected chi connectivity index (χ2v) is 10.2. The average molecular weight is 524 g/mol. The molecule has 1 unspecified atom stereocenters. The van der Waals surface area contributed by atoms with Crippen LogP contribution in [0.5, 0.6) is 0 Å². The average Bonchev–Trinajstić information content (AvgIpc) is 3.39. The Labute approximate surface area is 233 Å². The highest BCUT2D eigenvalue weighted by molar-refractivity contribution is 6.07. The molecule has 0 saturated heterocycles. The summed E-state index contributed by atoms with van der Waals surface area (Å²) < 4.78 is 2.07. The quantitative estimate of drug-likeness (QED) is 0.253. The van der Waals surface area contributed by atoms with Crippen LogP contribution in [0.3, 0.4) is 0 Å². The number of pyridine rings is 2. The van der Waals surface area contributed by atoms with Gasteiger partial charge in [-0.05, 0) is 66.4 Å². The van der Waals surface area contributed by atoms with Gasteiger partial charge >= 0.3 is 0 Å². The minimum Gasteiger partial charge on any atom is -0.337 e. The number of amides is 1. The SMILES string of the molecule is Cc1ccc(C(c2ccc3nc(C(=O)Nc4ccncc4)cc(-c4cccc(C)c4)c3c2)c2cncn2C)cc1. The molecule has 0 aliphatic heterocycles. The van der Waals surface area contributed by atoms with Crippen LogP contribution in [0.1, 0.15) is 44.4 Å². The lowest BCUT2D eigenvalue weighted by molar-refractivity contribution is 0.102. The largest absolute Gasteiger partial charge is 0.337 e. The first-order valence-corrected chi connectivity index (χ1v) is 13.2. The van der Waals surface area contributed by atoms with Gasteiger partial charge in [0.05, 0.1) is 17.8 Å². The second-order valence-electron chi connectivity index (χ2n) is 10.2. The van der Waals surface area contributed by atoms with Gasteiger partial charge in [0.25, 0.3) is 5.91 Å². The lowest BCUT2D eigenvalue weighted by Gasteiger charge is -2.20. The fourth-order valence-corrected chi connectivity index (χ4v) is 5.16. The van der Waals surface area contributed by atoms with E-state index >= 15 is 0 Å². The number of anilines is 1. The van der Waals surface area contributed by atoms with Crippen molar-refractivity contribution in [1.82, 2.24) is 19.5 Å². The van der Waals surface area contributed by atoms with E-state index in [9.17, 15) is 4.79 Å². The molecular weight excluding hydrogens is 494 g/mol. The van der Waals surface area contributed by atoms with Crippen molar-refractivity contribution >= 4 is 22.5 Å². The maximum atomic E-state index is 13.3. The molecule has 1 amide bonds. The molecule has 0 radical (unpaired) electrons. The van der Waals surface area contributed by atoms with E-state index < -0.39 is 0 Å². The molecule has 0 fully saturated rings. The summed E-state index contributed by atoms with van der Waals surface area (Å²) in [5.41, 5.74) is 9.57. The van der Waals surface area contributed by atoms with Crippen molar-refractivity contribution in [2.75, 3.05) is 5.32 Å². The number of aromatic nitrogens is 4. The van der Waals surface area contributed by atoms with E-state index in [1.165, 1.54) is 11.1 Å². The number of hydrogen-bond acceptors (Lipinski definition) is 4. The number of carbonyl (C=O) groups is 1. The van der Waals surface area contributed by atoms with Gasteiger partial charge in [-0.2, -0.15) is 0 Å². The van der Waals surface area contributed by atoms with Crippen LogP contribution in [0.15, 0.2) is 110 Å². The van der Waals surface area contributed by atoms with Gasteiger partial charge in [-0.1, -0.05) is 65.7 Å². The Hall–Kier alpha value is -5.10. The second kappa shape index (κ2) is 10.6. The topological polar surface area (TPSA) is 72.7 Å². The van der Waals surface area contributed by atoms with Gasteiger partial charge in [-0.25, -0.2) is 9.97 Å². The number of hydrogen-bond donors (Lipinski definition) is 1. The van der Waals surface area contributed by atoms with Crippen molar-refractivity contribution in [3.05, 3.63) is 143 Å². The summed E-state index contributed by atoms with van der Waals surface area (Å²) in [5, 5.41) is 3.93. The fraction of sp³-hybridized carbons (Fsp3) is 0.118. The van der Waals surface area contributed by atoms with Crippen LogP contribution in [0.4, 0.5) is 5.69 Å². The third-order valence-corrected chi connectivity index (χ3v) is 7.23. The Morgan fingerprint density at radius 3 is 2.33 bits per heavy atom. The molecule has 6 heteroatoms. The molecule has 40 heavy (non-hydrogen) atoms. The van der Waals surface area contributed by atoms with E-state index in [0.717, 1.165) is 38.9 Å². The van der Waals surface area contributed by atoms with Crippen LogP contribution in [-0.2, 0) is 7.05 Å². The molecule has 196 valence electrons. The standard InChI is InChI=1S/C34H29N5O/c1-22-7-9-24(10-8-22)33(32-20-36-21-39(32)3)26-11-12-30-29(18-26)28(25-6-4-5-23(2)17-25)19-31(38-30)34(40)37-27-13-15-35-16-14-27/h4-21,33H,1-3H3,(H,35,37,40). The summed E-state index contributed by atoms with van der Waals surface area (Å²) in [6.07, 6.45) is 7.07. The highest BCUT2D eigenvalue weighted by atomic mass is 16.1. The smallest absolute Gasteiger partial charge is 0.274 e. The van der Waals surface area contributed by atoms with Crippen molar-refractivity contribution in [1.29, 1.82) is 0 Å². The van der Waals surface area contributed by atoms with Gasteiger partial charge in [-0.15, -0.1) is 0 Å². The molecule has 3 heterocycles. The zero-order chi connectivity index (χ0) is 27.6. The maximum Gasteiger partial charge on any atom is 0.274 e. The lowest BCUT2D eigenvalue weighted by Crippen LogP contribution is -2.14. The van der Waals surface area contributed by atoms with E-state index in [1.807, 2.05) is 37.8 Å². The number of carbonyl (C=O) groups excluding carboxylic acids is 1. The van der Waals surface area contributed by atoms with Crippen LogP contribution in [0.25, 0.3) is 22.0 Å². The van der Waals surface area contributed by atoms with Gasteiger partial charge < -0.3 is 9.88 Å². The molecular formula is C34H29N5O. The summed E-state index contributed by atoms with van der Waals surface area (Å²) in [6.45, 7) is 4.17. The zero-order valence-corrected chi connectivity index (χ0v) is 22.7. The number of imidazole rings is 1. The Bertz CT molecular complexity index is 1820. The molecule has 0 saturated carbocycles. The summed E-state index contributed by atoms with van der Waals surface area (Å²) in [7, 11) is 2.03. The summed E-state index contributed by atoms with van der Waals surface area (Å²) in [6, 6.07) is 28.8. The lowest BCUT2D eigenvalue weighted by atomic mass is 9.86. The van der Waals surface area contributed by atoms with Crippen molar-refractivity contribution in [3.63, 3.8) is 0 Å². The van der Waals surface area contributed by atoms with E-state index in [-0.39, 0.29) is 11.8 Å². The number of aryl methyl sites for hydroxylation is 3. The maximum absolute atomic E-state index is 13.3. The molecule has 6 aromatic rings. The number of nitrogens with zero attached hydrogens (tertiary/aromatic N) is 4. The normalized spacial score (nSPS) is 11.9. The number of benzene rings is 3. The van der Waals surface area contributed by atoms with Gasteiger partial charge in [0.15, 0.2) is 0 Å².